The molecule has 2 aromatic heterocycles. The molecule has 0 spiro atoms. The molecule has 3 N–H and O–H groups in total. The number of likely N-dealkylation sites (tertiary alicyclic amines) is 1. The molecule has 2 aromatic carbocycles. The Kier molecular flexibility index (Phi) is 5.47. The van der Waals surface area contributed by atoms with Gasteiger partial charge in [-0.05, 0) is 74.3 Å². The normalized spacial score (nSPS) is 15.0. The van der Waals surface area contributed by atoms with Crippen molar-refractivity contribution in [2.75, 3.05) is 19.6 Å². The molecule has 1 aliphatic heterocycles. The van der Waals surface area contributed by atoms with Crippen molar-refractivity contribution >= 4 is 27.7 Å². The molecule has 0 aliphatic carbocycles. The van der Waals surface area contributed by atoms with Gasteiger partial charge in [0.25, 0.3) is 5.91 Å². The number of aromatic amines is 2. The lowest BCUT2D eigenvalue weighted by molar-refractivity contribution is 0.0954. The van der Waals surface area contributed by atoms with Gasteiger partial charge in [0.15, 0.2) is 0 Å². The van der Waals surface area contributed by atoms with Crippen LogP contribution in [-0.4, -0.2) is 45.6 Å². The number of nitrogens with one attached hydrogen (secondary N) is 3. The highest BCUT2D eigenvalue weighted by Gasteiger charge is 2.15. The number of aromatic nitrogens is 3. The molecule has 0 radical (unpaired) electrons. The minimum Gasteiger partial charge on any atom is -0.353 e. The maximum absolute atomic E-state index is 12.3. The van der Waals surface area contributed by atoms with Gasteiger partial charge in [-0.25, -0.2) is 0 Å². The lowest BCUT2D eigenvalue weighted by Crippen LogP contribution is -2.28. The van der Waals surface area contributed by atoms with E-state index in [1.807, 2.05) is 25.1 Å². The molecule has 5 rings (SSSR count). The van der Waals surface area contributed by atoms with Gasteiger partial charge in [0, 0.05) is 34.9 Å². The molecule has 0 bridgehead atoms. The summed E-state index contributed by atoms with van der Waals surface area (Å²) in [6.07, 6.45) is 4.90. The van der Waals surface area contributed by atoms with Crippen molar-refractivity contribution in [1.82, 2.24) is 25.4 Å². The predicted octanol–water partition coefficient (Wildman–Crippen LogP) is 4.84. The smallest absolute Gasteiger partial charge is 0.251 e. The number of H-pyrrole nitrogens is 2. The van der Waals surface area contributed by atoms with E-state index in [4.69, 9.17) is 0 Å². The minimum absolute atomic E-state index is 0.0493. The summed E-state index contributed by atoms with van der Waals surface area (Å²) in [7, 11) is 0. The second-order valence-corrected chi connectivity index (χ2v) is 8.53. The molecule has 0 saturated carbocycles. The van der Waals surface area contributed by atoms with Gasteiger partial charge in [-0.15, -0.1) is 0 Å². The van der Waals surface area contributed by atoms with E-state index in [0.29, 0.717) is 12.1 Å². The highest BCUT2D eigenvalue weighted by atomic mass is 16.1. The van der Waals surface area contributed by atoms with Crippen molar-refractivity contribution in [2.45, 2.75) is 39.2 Å². The van der Waals surface area contributed by atoms with E-state index in [1.165, 1.54) is 43.3 Å². The van der Waals surface area contributed by atoms with Crippen molar-refractivity contribution in [3.8, 4) is 11.4 Å². The highest BCUT2D eigenvalue weighted by Crippen LogP contribution is 2.30. The summed E-state index contributed by atoms with van der Waals surface area (Å²) in [6, 6.07) is 14.6. The van der Waals surface area contributed by atoms with E-state index < -0.39 is 0 Å². The average Bonchev–Trinajstić information content (AvgIpc) is 3.41. The molecule has 1 fully saturated rings. The van der Waals surface area contributed by atoms with Gasteiger partial charge < -0.3 is 10.3 Å². The van der Waals surface area contributed by atoms with Crippen molar-refractivity contribution in [3.63, 3.8) is 0 Å². The average molecular weight is 416 g/mol. The highest BCUT2D eigenvalue weighted by molar-refractivity contribution is 6.01. The second kappa shape index (κ2) is 8.55. The summed E-state index contributed by atoms with van der Waals surface area (Å²) in [6.45, 7) is 6.15. The van der Waals surface area contributed by atoms with Crippen molar-refractivity contribution < 1.29 is 4.79 Å². The number of amides is 1. The maximum atomic E-state index is 12.3. The van der Waals surface area contributed by atoms with Crippen molar-refractivity contribution in [1.29, 1.82) is 0 Å². The molecule has 1 amide bonds. The summed E-state index contributed by atoms with van der Waals surface area (Å²) in [5, 5.41) is 12.8. The molecule has 1 aliphatic rings. The molecular weight excluding hydrogens is 386 g/mol. The number of benzene rings is 2. The Morgan fingerprint density at radius 3 is 2.77 bits per heavy atom. The van der Waals surface area contributed by atoms with Gasteiger partial charge in [0.1, 0.15) is 5.69 Å². The maximum Gasteiger partial charge on any atom is 0.251 e. The summed E-state index contributed by atoms with van der Waals surface area (Å²) >= 11 is 0. The fourth-order valence-electron chi connectivity index (χ4n) is 4.49. The lowest BCUT2D eigenvalue weighted by atomic mass is 10.1. The van der Waals surface area contributed by atoms with Crippen LogP contribution in [0.5, 0.6) is 0 Å². The van der Waals surface area contributed by atoms with Crippen LogP contribution in [-0.2, 0) is 6.54 Å². The molecule has 4 aromatic rings. The zero-order chi connectivity index (χ0) is 21.2. The van der Waals surface area contributed by atoms with Crippen molar-refractivity contribution in [2.24, 2.45) is 0 Å². The Balaban J connectivity index is 1.41. The van der Waals surface area contributed by atoms with Crippen LogP contribution in [0.4, 0.5) is 0 Å². The van der Waals surface area contributed by atoms with E-state index >= 15 is 0 Å². The first-order valence-electron chi connectivity index (χ1n) is 11.3. The number of hydrogen-bond donors (Lipinski definition) is 3. The molecule has 0 unspecified atom stereocenters. The number of carbonyl (C=O) groups excluding carboxylic acids is 1. The topological polar surface area (TPSA) is 76.8 Å². The Morgan fingerprint density at radius 1 is 1.06 bits per heavy atom. The van der Waals surface area contributed by atoms with Gasteiger partial charge in [-0.1, -0.05) is 19.4 Å². The molecule has 31 heavy (non-hydrogen) atoms. The van der Waals surface area contributed by atoms with E-state index in [9.17, 15) is 4.79 Å². The van der Waals surface area contributed by atoms with E-state index in [1.54, 1.807) is 0 Å². The van der Waals surface area contributed by atoms with Crippen molar-refractivity contribution in [3.05, 3.63) is 53.6 Å². The van der Waals surface area contributed by atoms with Gasteiger partial charge in [0.05, 0.1) is 11.2 Å². The Hall–Kier alpha value is -3.12. The van der Waals surface area contributed by atoms with Gasteiger partial charge in [-0.3, -0.25) is 14.8 Å². The van der Waals surface area contributed by atoms with Crippen LogP contribution >= 0.6 is 0 Å². The second-order valence-electron chi connectivity index (χ2n) is 8.53. The van der Waals surface area contributed by atoms with Crippen LogP contribution in [0.3, 0.4) is 0 Å². The SMILES string of the molecule is CCCNC(=O)c1ccc2c(-c3cc4cc(CN5CCCCC5)ccc4[nH]3)n[nH]c2c1. The molecule has 6 heteroatoms. The third-order valence-electron chi connectivity index (χ3n) is 6.16. The number of nitrogens with zero attached hydrogens (tertiary/aromatic N) is 2. The number of carbonyl (C=O) groups is 1. The Morgan fingerprint density at radius 2 is 1.94 bits per heavy atom. The Bertz CT molecular complexity index is 1220. The largest absolute Gasteiger partial charge is 0.353 e. The third kappa shape index (κ3) is 4.08. The van der Waals surface area contributed by atoms with Crippen LogP contribution in [0.25, 0.3) is 33.2 Å². The van der Waals surface area contributed by atoms with E-state index in [-0.39, 0.29) is 5.91 Å². The number of piperidine rings is 1. The molecule has 6 nitrogen and oxygen atoms in total. The van der Waals surface area contributed by atoms with E-state index in [2.05, 4.69) is 49.7 Å². The van der Waals surface area contributed by atoms with Crippen LogP contribution in [0.15, 0.2) is 42.5 Å². The van der Waals surface area contributed by atoms with Gasteiger partial charge in [0.2, 0.25) is 0 Å². The number of hydrogen-bond acceptors (Lipinski definition) is 3. The van der Waals surface area contributed by atoms with Crippen LogP contribution in [0, 0.1) is 0 Å². The fourth-order valence-corrected chi connectivity index (χ4v) is 4.49. The third-order valence-corrected chi connectivity index (χ3v) is 6.16. The number of rotatable bonds is 6. The zero-order valence-electron chi connectivity index (χ0n) is 18.0. The van der Waals surface area contributed by atoms with E-state index in [0.717, 1.165) is 40.8 Å². The summed E-state index contributed by atoms with van der Waals surface area (Å²) < 4.78 is 0. The standard InChI is InChI=1S/C25H29N5O/c1-2-10-26-25(31)18-7-8-20-22(14-18)28-29-24(20)23-15-19-13-17(6-9-21(19)27-23)16-30-11-4-3-5-12-30/h6-9,13-15,27H,2-5,10-12,16H2,1H3,(H,26,31)(H,28,29). The molecule has 0 atom stereocenters. The first kappa shape index (κ1) is 19.8. The Labute approximate surface area is 182 Å². The minimum atomic E-state index is -0.0493. The van der Waals surface area contributed by atoms with Gasteiger partial charge >= 0.3 is 0 Å². The predicted molar refractivity (Wildman–Crippen MR) is 125 cm³/mol. The lowest BCUT2D eigenvalue weighted by Gasteiger charge is -2.26. The van der Waals surface area contributed by atoms with Crippen LogP contribution in [0.2, 0.25) is 0 Å². The van der Waals surface area contributed by atoms with Gasteiger partial charge in [-0.2, -0.15) is 5.10 Å². The zero-order valence-corrected chi connectivity index (χ0v) is 18.0. The fraction of sp³-hybridized carbons (Fsp3) is 0.360. The molecule has 3 heterocycles. The summed E-state index contributed by atoms with van der Waals surface area (Å²) in [5.41, 5.74) is 5.85. The molecular formula is C25H29N5O. The summed E-state index contributed by atoms with van der Waals surface area (Å²) in [4.78, 5) is 18.3. The monoisotopic (exact) mass is 415 g/mol. The first-order valence-corrected chi connectivity index (χ1v) is 11.3. The van der Waals surface area contributed by atoms with Crippen LogP contribution in [0.1, 0.15) is 48.5 Å². The first-order chi connectivity index (χ1) is 15.2. The van der Waals surface area contributed by atoms with Crippen LogP contribution < -0.4 is 5.32 Å². The molecule has 1 saturated heterocycles. The summed E-state index contributed by atoms with van der Waals surface area (Å²) in [5.74, 6) is -0.0493. The quantitative estimate of drug-likeness (QED) is 0.422. The number of fused-ring (bicyclic) bond motifs is 2. The molecule has 160 valence electrons.